The Morgan fingerprint density at radius 2 is 2.20 bits per heavy atom. The van der Waals surface area contributed by atoms with Crippen LogP contribution < -0.4 is 5.73 Å². The summed E-state index contributed by atoms with van der Waals surface area (Å²) in [6.07, 6.45) is 1.95. The fourth-order valence-electron chi connectivity index (χ4n) is 1.61. The zero-order valence-corrected chi connectivity index (χ0v) is 12.7. The molecule has 1 aromatic rings. The average Bonchev–Trinajstić information content (AvgIpc) is 2.80. The number of aryl methyl sites for hydroxylation is 1. The number of aromatic nitrogens is 2. The number of sulfonamides is 1. The van der Waals surface area contributed by atoms with Crippen LogP contribution in [0.5, 0.6) is 0 Å². The van der Waals surface area contributed by atoms with Crippen molar-refractivity contribution in [3.05, 3.63) is 6.20 Å². The molecule has 0 atom stereocenters. The second kappa shape index (κ2) is 6.71. The molecule has 0 unspecified atom stereocenters. The highest BCUT2D eigenvalue weighted by Crippen LogP contribution is 2.20. The second-order valence-electron chi connectivity index (χ2n) is 4.24. The van der Waals surface area contributed by atoms with Gasteiger partial charge < -0.3 is 10.5 Å². The Morgan fingerprint density at radius 3 is 2.70 bits per heavy atom. The van der Waals surface area contributed by atoms with Gasteiger partial charge in [0.15, 0.2) is 5.82 Å². The molecular formula is C11H20N4O4S. The Hall–Kier alpha value is -1.61. The minimum Gasteiger partial charge on any atom is -0.469 e. The van der Waals surface area contributed by atoms with Crippen molar-refractivity contribution in [2.45, 2.75) is 31.2 Å². The van der Waals surface area contributed by atoms with E-state index in [0.717, 1.165) is 4.31 Å². The van der Waals surface area contributed by atoms with Crippen molar-refractivity contribution >= 4 is 21.8 Å². The second-order valence-corrected chi connectivity index (χ2v) is 6.25. The predicted molar refractivity (Wildman–Crippen MR) is 73.4 cm³/mol. The number of hydrogen-bond acceptors (Lipinski definition) is 6. The molecule has 0 saturated carbocycles. The maximum atomic E-state index is 12.3. The number of hydrogen-bond donors (Lipinski definition) is 1. The molecule has 0 radical (unpaired) electrons. The van der Waals surface area contributed by atoms with Crippen molar-refractivity contribution in [2.75, 3.05) is 26.4 Å². The first kappa shape index (κ1) is 16.4. The lowest BCUT2D eigenvalue weighted by Crippen LogP contribution is -2.28. The first-order chi connectivity index (χ1) is 9.32. The highest BCUT2D eigenvalue weighted by Gasteiger charge is 2.25. The van der Waals surface area contributed by atoms with Crippen molar-refractivity contribution in [1.82, 2.24) is 14.1 Å². The van der Waals surface area contributed by atoms with Gasteiger partial charge in [0.2, 0.25) is 10.0 Å². The van der Waals surface area contributed by atoms with E-state index in [0.29, 0.717) is 13.0 Å². The number of nitrogen functional groups attached to an aromatic ring is 1. The Bertz CT molecular complexity index is 567. The number of nitrogens with two attached hydrogens (primary N) is 1. The normalized spacial score (nSPS) is 11.8. The van der Waals surface area contributed by atoms with Crippen LogP contribution in [0.4, 0.5) is 5.82 Å². The molecule has 9 heteroatoms. The van der Waals surface area contributed by atoms with Crippen LogP contribution in [-0.4, -0.2) is 49.2 Å². The zero-order chi connectivity index (χ0) is 15.3. The van der Waals surface area contributed by atoms with Crippen LogP contribution in [0, 0.1) is 0 Å². The number of carbonyl (C=O) groups is 1. The molecule has 0 fully saturated rings. The molecule has 1 aromatic heterocycles. The van der Waals surface area contributed by atoms with E-state index < -0.39 is 10.0 Å². The summed E-state index contributed by atoms with van der Waals surface area (Å²) in [5, 5.41) is 3.91. The molecule has 2 N–H and O–H groups in total. The van der Waals surface area contributed by atoms with E-state index in [1.54, 1.807) is 0 Å². The summed E-state index contributed by atoms with van der Waals surface area (Å²) >= 11 is 0. The minimum atomic E-state index is -3.69. The Morgan fingerprint density at radius 1 is 1.55 bits per heavy atom. The van der Waals surface area contributed by atoms with Crippen LogP contribution in [0.25, 0.3) is 0 Å². The van der Waals surface area contributed by atoms with Crippen LogP contribution in [0.1, 0.15) is 19.8 Å². The van der Waals surface area contributed by atoms with Crippen molar-refractivity contribution in [1.29, 1.82) is 0 Å². The Kier molecular flexibility index (Phi) is 5.52. The van der Waals surface area contributed by atoms with Gasteiger partial charge in [-0.1, -0.05) is 0 Å². The molecular weight excluding hydrogens is 284 g/mol. The van der Waals surface area contributed by atoms with Gasteiger partial charge in [0, 0.05) is 32.8 Å². The molecule has 114 valence electrons. The molecule has 0 bridgehead atoms. The highest BCUT2D eigenvalue weighted by molar-refractivity contribution is 7.89. The third kappa shape index (κ3) is 3.70. The largest absolute Gasteiger partial charge is 0.469 e. The monoisotopic (exact) mass is 304 g/mol. The van der Waals surface area contributed by atoms with Crippen LogP contribution in [-0.2, 0) is 26.1 Å². The van der Waals surface area contributed by atoms with E-state index in [1.807, 2.05) is 6.92 Å². The van der Waals surface area contributed by atoms with E-state index >= 15 is 0 Å². The van der Waals surface area contributed by atoms with Crippen molar-refractivity contribution in [3.63, 3.8) is 0 Å². The Balaban J connectivity index is 2.76. The quantitative estimate of drug-likeness (QED) is 0.714. The van der Waals surface area contributed by atoms with E-state index in [1.165, 1.54) is 25.0 Å². The maximum Gasteiger partial charge on any atom is 0.305 e. The zero-order valence-electron chi connectivity index (χ0n) is 11.9. The number of rotatable bonds is 7. The van der Waals surface area contributed by atoms with Gasteiger partial charge >= 0.3 is 5.97 Å². The molecule has 8 nitrogen and oxygen atoms in total. The number of esters is 1. The summed E-state index contributed by atoms with van der Waals surface area (Å²) in [5.41, 5.74) is 5.63. The summed E-state index contributed by atoms with van der Waals surface area (Å²) in [6.45, 7) is 2.57. The lowest BCUT2D eigenvalue weighted by Gasteiger charge is -2.15. The first-order valence-electron chi connectivity index (χ1n) is 6.19. The van der Waals surface area contributed by atoms with Crippen molar-refractivity contribution in [2.24, 2.45) is 0 Å². The van der Waals surface area contributed by atoms with Gasteiger partial charge in [-0.25, -0.2) is 12.7 Å². The van der Waals surface area contributed by atoms with Crippen molar-refractivity contribution < 1.29 is 17.9 Å². The van der Waals surface area contributed by atoms with Crippen LogP contribution in [0.2, 0.25) is 0 Å². The number of carbonyl (C=O) groups excluding carboxylic acids is 1. The lowest BCUT2D eigenvalue weighted by molar-refractivity contribution is -0.140. The van der Waals surface area contributed by atoms with Gasteiger partial charge in [-0.15, -0.1) is 0 Å². The third-order valence-corrected chi connectivity index (χ3v) is 4.72. The summed E-state index contributed by atoms with van der Waals surface area (Å²) in [5.74, 6) is -0.388. The van der Waals surface area contributed by atoms with Crippen molar-refractivity contribution in [3.8, 4) is 0 Å². The molecule has 1 rings (SSSR count). The molecule has 0 aliphatic heterocycles. The van der Waals surface area contributed by atoms with E-state index in [2.05, 4.69) is 9.84 Å². The number of methoxy groups -OCH3 is 1. The Labute approximate surface area is 118 Å². The molecule has 0 amide bonds. The molecule has 0 saturated heterocycles. The predicted octanol–water partition coefficient (Wildman–Crippen LogP) is 0.0589. The SMILES string of the molecule is CCn1cc(S(=O)(=O)N(C)CCCC(=O)OC)c(N)n1. The number of anilines is 1. The lowest BCUT2D eigenvalue weighted by atomic mass is 10.3. The summed E-state index contributed by atoms with van der Waals surface area (Å²) in [4.78, 5) is 11.0. The van der Waals surface area contributed by atoms with Crippen LogP contribution in [0.15, 0.2) is 11.1 Å². The number of ether oxygens (including phenoxy) is 1. The fourth-order valence-corrected chi connectivity index (χ4v) is 2.88. The molecule has 0 aliphatic carbocycles. The fraction of sp³-hybridized carbons (Fsp3) is 0.636. The molecule has 0 aliphatic rings. The molecule has 1 heterocycles. The van der Waals surface area contributed by atoms with E-state index in [-0.39, 0.29) is 29.6 Å². The third-order valence-electron chi connectivity index (χ3n) is 2.85. The van der Waals surface area contributed by atoms with Crippen LogP contribution >= 0.6 is 0 Å². The van der Waals surface area contributed by atoms with Gasteiger partial charge in [-0.2, -0.15) is 5.10 Å². The van der Waals surface area contributed by atoms with Gasteiger partial charge in [-0.3, -0.25) is 9.48 Å². The van der Waals surface area contributed by atoms with Gasteiger partial charge in [-0.05, 0) is 13.3 Å². The summed E-state index contributed by atoms with van der Waals surface area (Å²) in [7, 11) is -0.957. The molecule has 20 heavy (non-hydrogen) atoms. The number of nitrogens with zero attached hydrogens (tertiary/aromatic N) is 3. The average molecular weight is 304 g/mol. The smallest absolute Gasteiger partial charge is 0.305 e. The topological polar surface area (TPSA) is 108 Å². The van der Waals surface area contributed by atoms with E-state index in [4.69, 9.17) is 5.73 Å². The van der Waals surface area contributed by atoms with Crippen LogP contribution in [0.3, 0.4) is 0 Å². The minimum absolute atomic E-state index is 0.0140. The van der Waals surface area contributed by atoms with Gasteiger partial charge in [0.1, 0.15) is 4.90 Å². The standard InChI is InChI=1S/C11H20N4O4S/c1-4-15-8-9(11(12)13-15)20(17,18)14(2)7-5-6-10(16)19-3/h8H,4-7H2,1-3H3,(H2,12,13). The maximum absolute atomic E-state index is 12.3. The highest BCUT2D eigenvalue weighted by atomic mass is 32.2. The molecule has 0 aromatic carbocycles. The summed E-state index contributed by atoms with van der Waals surface area (Å²) in [6, 6.07) is 0. The first-order valence-corrected chi connectivity index (χ1v) is 7.63. The molecule has 0 spiro atoms. The van der Waals surface area contributed by atoms with E-state index in [9.17, 15) is 13.2 Å². The summed E-state index contributed by atoms with van der Waals surface area (Å²) < 4.78 is 31.7. The van der Waals surface area contributed by atoms with Gasteiger partial charge in [0.25, 0.3) is 0 Å². The van der Waals surface area contributed by atoms with Gasteiger partial charge in [0.05, 0.1) is 7.11 Å².